The van der Waals surface area contributed by atoms with Gasteiger partial charge in [0, 0.05) is 37.1 Å². The van der Waals surface area contributed by atoms with E-state index in [2.05, 4.69) is 49.1 Å². The van der Waals surface area contributed by atoms with Crippen LogP contribution in [0.15, 0.2) is 47.1 Å². The lowest BCUT2D eigenvalue weighted by atomic mass is 10.0. The smallest absolute Gasteiger partial charge is 0.227 e. The van der Waals surface area contributed by atoms with Gasteiger partial charge in [-0.15, -0.1) is 11.3 Å². The first kappa shape index (κ1) is 19.3. The molecule has 6 heteroatoms. The zero-order chi connectivity index (χ0) is 20.7. The maximum atomic E-state index is 12.9. The minimum absolute atomic E-state index is 0.176. The van der Waals surface area contributed by atoms with Crippen molar-refractivity contribution in [3.8, 4) is 0 Å². The van der Waals surface area contributed by atoms with Gasteiger partial charge in [-0.2, -0.15) is 0 Å². The summed E-state index contributed by atoms with van der Waals surface area (Å²) in [5.41, 5.74) is 5.31. The van der Waals surface area contributed by atoms with Crippen LogP contribution in [0.3, 0.4) is 0 Å². The van der Waals surface area contributed by atoms with Crippen molar-refractivity contribution < 1.29 is 9.21 Å². The van der Waals surface area contributed by atoms with Gasteiger partial charge in [0.25, 0.3) is 0 Å². The Hall–Kier alpha value is -2.70. The predicted octanol–water partition coefficient (Wildman–Crippen LogP) is 4.55. The number of carbonyl (C=O) groups is 1. The number of carbonyl (C=O) groups excluding carboxylic acids is 1. The fourth-order valence-corrected chi connectivity index (χ4v) is 5.14. The average molecular weight is 420 g/mol. The van der Waals surface area contributed by atoms with Gasteiger partial charge in [-0.1, -0.05) is 24.3 Å². The van der Waals surface area contributed by atoms with E-state index in [1.54, 1.807) is 17.6 Å². The topological polar surface area (TPSA) is 49.6 Å². The molecule has 3 heterocycles. The Kier molecular flexibility index (Phi) is 5.05. The fourth-order valence-electron chi connectivity index (χ4n) is 4.13. The molecule has 1 aliphatic rings. The van der Waals surface area contributed by atoms with Crippen LogP contribution < -0.4 is 0 Å². The number of nitrogens with zero attached hydrogens (tertiary/aromatic N) is 3. The van der Waals surface area contributed by atoms with Crippen molar-refractivity contribution in [2.24, 2.45) is 0 Å². The van der Waals surface area contributed by atoms with Gasteiger partial charge in [0.15, 0.2) is 0 Å². The quantitative estimate of drug-likeness (QED) is 0.487. The standard InChI is InChI=1S/C24H25N3O2S/c1-16-7-8-19-18(15-29-24(19)17(16)2)13-23(28)27-11-9-26(10-12-27)14-22-25-20-5-3-4-6-21(20)30-22/h3-8,15H,9-14H2,1-2H3. The number of para-hydroxylation sites is 1. The van der Waals surface area contributed by atoms with Crippen LogP contribution in [-0.2, 0) is 17.8 Å². The molecule has 0 unspecified atom stereocenters. The molecule has 30 heavy (non-hydrogen) atoms. The Bertz CT molecular complexity index is 1180. The molecule has 2 aromatic heterocycles. The second kappa shape index (κ2) is 7.85. The van der Waals surface area contributed by atoms with E-state index in [-0.39, 0.29) is 5.91 Å². The molecule has 5 nitrogen and oxygen atoms in total. The van der Waals surface area contributed by atoms with Crippen LogP contribution in [0, 0.1) is 13.8 Å². The zero-order valence-electron chi connectivity index (χ0n) is 17.4. The van der Waals surface area contributed by atoms with E-state index in [1.165, 1.54) is 10.3 Å². The highest BCUT2D eigenvalue weighted by atomic mass is 32.1. The predicted molar refractivity (Wildman–Crippen MR) is 121 cm³/mol. The first-order valence-corrected chi connectivity index (χ1v) is 11.2. The monoisotopic (exact) mass is 419 g/mol. The zero-order valence-corrected chi connectivity index (χ0v) is 18.2. The summed E-state index contributed by atoms with van der Waals surface area (Å²) in [7, 11) is 0. The van der Waals surface area contributed by atoms with Gasteiger partial charge in [-0.05, 0) is 37.1 Å². The molecule has 0 saturated carbocycles. The Morgan fingerprint density at radius 1 is 1.10 bits per heavy atom. The Balaban J connectivity index is 1.20. The van der Waals surface area contributed by atoms with E-state index >= 15 is 0 Å². The molecular formula is C24H25N3O2S. The van der Waals surface area contributed by atoms with Crippen molar-refractivity contribution in [1.82, 2.24) is 14.8 Å². The molecule has 0 spiro atoms. The summed E-state index contributed by atoms with van der Waals surface area (Å²) in [5, 5.41) is 2.20. The van der Waals surface area contributed by atoms with Gasteiger partial charge in [-0.25, -0.2) is 4.98 Å². The van der Waals surface area contributed by atoms with Crippen LogP contribution in [0.4, 0.5) is 0 Å². The van der Waals surface area contributed by atoms with Gasteiger partial charge >= 0.3 is 0 Å². The average Bonchev–Trinajstić information content (AvgIpc) is 3.35. The van der Waals surface area contributed by atoms with Gasteiger partial charge in [0.1, 0.15) is 10.6 Å². The minimum atomic E-state index is 0.176. The number of fused-ring (bicyclic) bond motifs is 2. The molecule has 0 aliphatic carbocycles. The molecule has 0 bridgehead atoms. The van der Waals surface area contributed by atoms with Crippen LogP contribution in [0.2, 0.25) is 0 Å². The maximum absolute atomic E-state index is 12.9. The van der Waals surface area contributed by atoms with Gasteiger partial charge < -0.3 is 9.32 Å². The highest BCUT2D eigenvalue weighted by molar-refractivity contribution is 7.18. The number of aromatic nitrogens is 1. The molecule has 1 amide bonds. The number of furan rings is 1. The second-order valence-electron chi connectivity index (χ2n) is 8.05. The molecule has 0 atom stereocenters. The SMILES string of the molecule is Cc1ccc2c(CC(=O)N3CCN(Cc4nc5ccccc5s4)CC3)coc2c1C. The number of thiazole rings is 1. The number of rotatable bonds is 4. The molecule has 154 valence electrons. The van der Waals surface area contributed by atoms with Crippen LogP contribution >= 0.6 is 11.3 Å². The molecular weight excluding hydrogens is 394 g/mol. The summed E-state index contributed by atoms with van der Waals surface area (Å²) < 4.78 is 7.01. The molecule has 4 aromatic rings. The maximum Gasteiger partial charge on any atom is 0.227 e. The van der Waals surface area contributed by atoms with E-state index in [0.29, 0.717) is 6.42 Å². The van der Waals surface area contributed by atoms with Crippen LogP contribution in [-0.4, -0.2) is 46.9 Å². The van der Waals surface area contributed by atoms with Gasteiger partial charge in [-0.3, -0.25) is 9.69 Å². The Labute approximate surface area is 179 Å². The first-order chi connectivity index (χ1) is 14.6. The lowest BCUT2D eigenvalue weighted by molar-refractivity contribution is -0.132. The van der Waals surface area contributed by atoms with Crippen molar-refractivity contribution >= 4 is 38.4 Å². The lowest BCUT2D eigenvalue weighted by Gasteiger charge is -2.34. The van der Waals surface area contributed by atoms with Crippen molar-refractivity contribution in [2.45, 2.75) is 26.8 Å². The largest absolute Gasteiger partial charge is 0.464 e. The molecule has 0 N–H and O–H groups in total. The van der Waals surface area contributed by atoms with Crippen LogP contribution in [0.25, 0.3) is 21.2 Å². The number of hydrogen-bond acceptors (Lipinski definition) is 5. The minimum Gasteiger partial charge on any atom is -0.464 e. The van der Waals surface area contributed by atoms with E-state index in [1.807, 2.05) is 11.0 Å². The van der Waals surface area contributed by atoms with Crippen molar-refractivity contribution in [3.05, 3.63) is 64.4 Å². The number of hydrogen-bond donors (Lipinski definition) is 0. The molecule has 1 saturated heterocycles. The summed E-state index contributed by atoms with van der Waals surface area (Å²) in [5.74, 6) is 0.176. The van der Waals surface area contributed by atoms with Gasteiger partial charge in [0.2, 0.25) is 5.91 Å². The number of aryl methyl sites for hydroxylation is 2. The van der Waals surface area contributed by atoms with Crippen molar-refractivity contribution in [1.29, 1.82) is 0 Å². The Morgan fingerprint density at radius 3 is 2.70 bits per heavy atom. The van der Waals surface area contributed by atoms with E-state index in [9.17, 15) is 4.79 Å². The highest BCUT2D eigenvalue weighted by Gasteiger charge is 2.23. The molecule has 5 rings (SSSR count). The lowest BCUT2D eigenvalue weighted by Crippen LogP contribution is -2.48. The van der Waals surface area contributed by atoms with Crippen LogP contribution in [0.5, 0.6) is 0 Å². The summed E-state index contributed by atoms with van der Waals surface area (Å²) in [6, 6.07) is 12.4. The van der Waals surface area contributed by atoms with E-state index in [4.69, 9.17) is 9.40 Å². The fraction of sp³-hybridized carbons (Fsp3) is 0.333. The number of piperazine rings is 1. The molecule has 2 aromatic carbocycles. The second-order valence-corrected chi connectivity index (χ2v) is 9.17. The number of benzene rings is 2. The van der Waals surface area contributed by atoms with Gasteiger partial charge in [0.05, 0.1) is 29.4 Å². The number of amides is 1. The molecule has 1 fully saturated rings. The van der Waals surface area contributed by atoms with E-state index < -0.39 is 0 Å². The molecule has 0 radical (unpaired) electrons. The Morgan fingerprint density at radius 2 is 1.90 bits per heavy atom. The summed E-state index contributed by atoms with van der Waals surface area (Å²) in [6.45, 7) is 8.28. The third-order valence-corrected chi connectivity index (χ3v) is 7.13. The van der Waals surface area contributed by atoms with E-state index in [0.717, 1.165) is 65.3 Å². The van der Waals surface area contributed by atoms with Crippen molar-refractivity contribution in [3.63, 3.8) is 0 Å². The highest BCUT2D eigenvalue weighted by Crippen LogP contribution is 2.27. The third-order valence-electron chi connectivity index (χ3n) is 6.11. The normalized spacial score (nSPS) is 15.3. The first-order valence-electron chi connectivity index (χ1n) is 10.4. The molecule has 1 aliphatic heterocycles. The third kappa shape index (κ3) is 3.61. The van der Waals surface area contributed by atoms with Crippen LogP contribution in [0.1, 0.15) is 21.7 Å². The van der Waals surface area contributed by atoms with Crippen molar-refractivity contribution in [2.75, 3.05) is 26.2 Å². The summed E-state index contributed by atoms with van der Waals surface area (Å²) in [6.07, 6.45) is 2.14. The summed E-state index contributed by atoms with van der Waals surface area (Å²) >= 11 is 1.76. The summed E-state index contributed by atoms with van der Waals surface area (Å²) in [4.78, 5) is 22.0.